The van der Waals surface area contributed by atoms with Crippen LogP contribution in [-0.2, 0) is 26.7 Å². The molecule has 0 saturated heterocycles. The SMILES string of the molecule is CCNCc1nc(CN(C)Cc2cnn(C)c2)cs1. The first-order valence-electron chi connectivity index (χ1n) is 6.47. The van der Waals surface area contributed by atoms with Crippen LogP contribution in [0.1, 0.15) is 23.2 Å². The minimum Gasteiger partial charge on any atom is -0.311 e. The highest BCUT2D eigenvalue weighted by atomic mass is 32.1. The van der Waals surface area contributed by atoms with E-state index >= 15 is 0 Å². The average molecular weight is 279 g/mol. The molecule has 2 heterocycles. The summed E-state index contributed by atoms with van der Waals surface area (Å²) in [5, 5.41) is 10.8. The molecular weight excluding hydrogens is 258 g/mol. The normalized spacial score (nSPS) is 11.4. The molecule has 0 aliphatic heterocycles. The molecule has 0 aliphatic carbocycles. The first-order valence-corrected chi connectivity index (χ1v) is 7.35. The quantitative estimate of drug-likeness (QED) is 0.836. The fourth-order valence-electron chi connectivity index (χ4n) is 1.93. The van der Waals surface area contributed by atoms with Gasteiger partial charge in [-0.3, -0.25) is 9.58 Å². The lowest BCUT2D eigenvalue weighted by Crippen LogP contribution is -2.17. The van der Waals surface area contributed by atoms with Crippen LogP contribution in [0, 0.1) is 0 Å². The molecule has 1 N–H and O–H groups in total. The lowest BCUT2D eigenvalue weighted by molar-refractivity contribution is 0.315. The van der Waals surface area contributed by atoms with Crippen LogP contribution >= 0.6 is 11.3 Å². The number of nitrogens with zero attached hydrogens (tertiary/aromatic N) is 4. The number of aromatic nitrogens is 3. The molecule has 6 heteroatoms. The van der Waals surface area contributed by atoms with Crippen LogP contribution < -0.4 is 5.32 Å². The zero-order valence-electron chi connectivity index (χ0n) is 11.8. The van der Waals surface area contributed by atoms with E-state index in [4.69, 9.17) is 0 Å². The molecule has 0 radical (unpaired) electrons. The van der Waals surface area contributed by atoms with Crippen molar-refractivity contribution in [2.75, 3.05) is 13.6 Å². The Hall–Kier alpha value is -1.24. The molecular formula is C13H21N5S. The summed E-state index contributed by atoms with van der Waals surface area (Å²) in [6.07, 6.45) is 3.96. The zero-order valence-corrected chi connectivity index (χ0v) is 12.6. The predicted octanol–water partition coefficient (Wildman–Crippen LogP) is 1.62. The van der Waals surface area contributed by atoms with Crippen LogP contribution in [0.4, 0.5) is 0 Å². The van der Waals surface area contributed by atoms with Crippen LogP contribution in [-0.4, -0.2) is 33.3 Å². The molecule has 0 aliphatic rings. The number of nitrogens with one attached hydrogen (secondary N) is 1. The first-order chi connectivity index (χ1) is 9.17. The molecule has 104 valence electrons. The Labute approximate surface area is 118 Å². The summed E-state index contributed by atoms with van der Waals surface area (Å²) in [5.41, 5.74) is 2.37. The average Bonchev–Trinajstić information content (AvgIpc) is 2.96. The van der Waals surface area contributed by atoms with E-state index < -0.39 is 0 Å². The van der Waals surface area contributed by atoms with Crippen LogP contribution in [0.25, 0.3) is 0 Å². The fourth-order valence-corrected chi connectivity index (χ4v) is 2.69. The summed E-state index contributed by atoms with van der Waals surface area (Å²) in [6, 6.07) is 0. The topological polar surface area (TPSA) is 46.0 Å². The molecule has 0 amide bonds. The second-order valence-corrected chi connectivity index (χ2v) is 5.65. The van der Waals surface area contributed by atoms with Crippen molar-refractivity contribution in [2.24, 2.45) is 7.05 Å². The minimum absolute atomic E-state index is 0.869. The van der Waals surface area contributed by atoms with E-state index in [1.165, 1.54) is 5.56 Å². The summed E-state index contributed by atoms with van der Waals surface area (Å²) in [7, 11) is 4.05. The summed E-state index contributed by atoms with van der Waals surface area (Å²) in [4.78, 5) is 6.88. The van der Waals surface area contributed by atoms with Gasteiger partial charge in [-0.25, -0.2) is 4.98 Å². The van der Waals surface area contributed by atoms with E-state index in [-0.39, 0.29) is 0 Å². The van der Waals surface area contributed by atoms with Gasteiger partial charge >= 0.3 is 0 Å². The third-order valence-electron chi connectivity index (χ3n) is 2.77. The smallest absolute Gasteiger partial charge is 0.107 e. The maximum Gasteiger partial charge on any atom is 0.107 e. The van der Waals surface area contributed by atoms with Crippen molar-refractivity contribution >= 4 is 11.3 Å². The molecule has 19 heavy (non-hydrogen) atoms. The Balaban J connectivity index is 1.84. The van der Waals surface area contributed by atoms with Crippen molar-refractivity contribution in [1.29, 1.82) is 0 Å². The Morgan fingerprint density at radius 3 is 2.95 bits per heavy atom. The van der Waals surface area contributed by atoms with Crippen molar-refractivity contribution in [1.82, 2.24) is 25.0 Å². The molecule has 0 aromatic carbocycles. The predicted molar refractivity (Wildman–Crippen MR) is 77.9 cm³/mol. The highest BCUT2D eigenvalue weighted by molar-refractivity contribution is 7.09. The highest BCUT2D eigenvalue weighted by Gasteiger charge is 2.07. The van der Waals surface area contributed by atoms with Crippen molar-refractivity contribution < 1.29 is 0 Å². The molecule has 2 aromatic heterocycles. The highest BCUT2D eigenvalue weighted by Crippen LogP contribution is 2.12. The molecule has 0 atom stereocenters. The van der Waals surface area contributed by atoms with Crippen molar-refractivity contribution in [3.05, 3.63) is 34.0 Å². The maximum atomic E-state index is 4.63. The maximum absolute atomic E-state index is 4.63. The van der Waals surface area contributed by atoms with Crippen molar-refractivity contribution in [3.8, 4) is 0 Å². The summed E-state index contributed by atoms with van der Waals surface area (Å²) in [6.45, 7) is 5.73. The molecule has 0 saturated carbocycles. The molecule has 0 unspecified atom stereocenters. The Bertz CT molecular complexity index is 505. The number of hydrogen-bond acceptors (Lipinski definition) is 5. The van der Waals surface area contributed by atoms with E-state index in [1.807, 2.05) is 24.1 Å². The summed E-state index contributed by atoms with van der Waals surface area (Å²) in [5.74, 6) is 0. The van der Waals surface area contributed by atoms with Crippen molar-refractivity contribution in [2.45, 2.75) is 26.6 Å². The van der Waals surface area contributed by atoms with E-state index in [0.717, 1.165) is 36.9 Å². The molecule has 5 nitrogen and oxygen atoms in total. The number of hydrogen-bond donors (Lipinski definition) is 1. The largest absolute Gasteiger partial charge is 0.311 e. The van der Waals surface area contributed by atoms with Gasteiger partial charge in [-0.05, 0) is 13.6 Å². The monoisotopic (exact) mass is 279 g/mol. The van der Waals surface area contributed by atoms with E-state index in [1.54, 1.807) is 11.3 Å². The Morgan fingerprint density at radius 1 is 1.42 bits per heavy atom. The second-order valence-electron chi connectivity index (χ2n) is 4.71. The fraction of sp³-hybridized carbons (Fsp3) is 0.538. The van der Waals surface area contributed by atoms with Crippen LogP contribution in [0.3, 0.4) is 0 Å². The molecule has 0 spiro atoms. The third-order valence-corrected chi connectivity index (χ3v) is 3.67. The van der Waals surface area contributed by atoms with E-state index in [9.17, 15) is 0 Å². The van der Waals surface area contributed by atoms with Crippen molar-refractivity contribution in [3.63, 3.8) is 0 Å². The van der Waals surface area contributed by atoms with Gasteiger partial charge in [0.2, 0.25) is 0 Å². The van der Waals surface area contributed by atoms with Gasteiger partial charge in [0.25, 0.3) is 0 Å². The van der Waals surface area contributed by atoms with Gasteiger partial charge in [0.05, 0.1) is 11.9 Å². The number of rotatable bonds is 7. The minimum atomic E-state index is 0.869. The van der Waals surface area contributed by atoms with Gasteiger partial charge < -0.3 is 5.32 Å². The van der Waals surface area contributed by atoms with Crippen LogP contribution in [0.15, 0.2) is 17.8 Å². The van der Waals surface area contributed by atoms with Gasteiger partial charge in [-0.15, -0.1) is 11.3 Å². The summed E-state index contributed by atoms with van der Waals surface area (Å²) >= 11 is 1.73. The Kier molecular flexibility index (Phi) is 5.07. The lowest BCUT2D eigenvalue weighted by Gasteiger charge is -2.13. The summed E-state index contributed by atoms with van der Waals surface area (Å²) < 4.78 is 1.83. The second kappa shape index (κ2) is 6.79. The number of aryl methyl sites for hydroxylation is 1. The Morgan fingerprint density at radius 2 is 2.26 bits per heavy atom. The van der Waals surface area contributed by atoms with Crippen LogP contribution in [0.5, 0.6) is 0 Å². The zero-order chi connectivity index (χ0) is 13.7. The van der Waals surface area contributed by atoms with Gasteiger partial charge in [0.1, 0.15) is 5.01 Å². The van der Waals surface area contributed by atoms with Gasteiger partial charge in [0.15, 0.2) is 0 Å². The number of thiazole rings is 1. The van der Waals surface area contributed by atoms with Crippen LogP contribution in [0.2, 0.25) is 0 Å². The van der Waals surface area contributed by atoms with E-state index in [0.29, 0.717) is 0 Å². The molecule has 2 aromatic rings. The van der Waals surface area contributed by atoms with E-state index in [2.05, 4.69) is 39.7 Å². The molecule has 0 bridgehead atoms. The molecule has 0 fully saturated rings. The third kappa shape index (κ3) is 4.41. The standard InChI is InChI=1S/C13H21N5S/c1-4-14-6-13-16-12(10-19-13)9-17(2)7-11-5-15-18(3)8-11/h5,8,10,14H,4,6-7,9H2,1-3H3. The van der Waals surface area contributed by atoms with Gasteiger partial charge in [-0.1, -0.05) is 6.92 Å². The van der Waals surface area contributed by atoms with Gasteiger partial charge in [-0.2, -0.15) is 5.10 Å². The van der Waals surface area contributed by atoms with Gasteiger partial charge in [0, 0.05) is 43.8 Å². The molecule has 2 rings (SSSR count). The first kappa shape index (κ1) is 14.2. The lowest BCUT2D eigenvalue weighted by atomic mass is 10.3.